The average Bonchev–Trinajstić information content (AvgIpc) is 2.92. The third-order valence-electron chi connectivity index (χ3n) is 10.2. The Balaban J connectivity index is 1.26. The third-order valence-corrected chi connectivity index (χ3v) is 10.2. The maximum Gasteiger partial charge on any atom is 0.314 e. The van der Waals surface area contributed by atoms with Gasteiger partial charge in [-0.15, -0.1) is 6.58 Å². The highest BCUT2D eigenvalue weighted by Crippen LogP contribution is 2.50. The van der Waals surface area contributed by atoms with Crippen molar-refractivity contribution in [2.75, 3.05) is 0 Å². The Morgan fingerprint density at radius 2 is 1.63 bits per heavy atom. The van der Waals surface area contributed by atoms with Crippen molar-refractivity contribution in [3.63, 3.8) is 0 Å². The Hall–Kier alpha value is -1.71. The molecular formula is C34H50F2O2. The molecule has 38 heavy (non-hydrogen) atoms. The van der Waals surface area contributed by atoms with Crippen molar-refractivity contribution < 1.29 is 18.3 Å². The molecule has 4 unspecified atom stereocenters. The van der Waals surface area contributed by atoms with Crippen LogP contribution in [0.1, 0.15) is 122 Å². The van der Waals surface area contributed by atoms with Gasteiger partial charge in [0, 0.05) is 17.7 Å². The minimum Gasteiger partial charge on any atom is -0.426 e. The van der Waals surface area contributed by atoms with Crippen LogP contribution in [0.25, 0.3) is 0 Å². The SMILES string of the molecule is C=CCCc1c(F)cc(OC(=O)C2CCCC3CC(C4CCC(CCCCCCC)CC4)CCC32)cc1F. The van der Waals surface area contributed by atoms with Gasteiger partial charge in [-0.05, 0) is 81.0 Å². The fraction of sp³-hybridized carbons (Fsp3) is 0.735. The zero-order valence-corrected chi connectivity index (χ0v) is 23.7. The van der Waals surface area contributed by atoms with Crippen LogP contribution in [0, 0.1) is 47.1 Å². The Bertz CT molecular complexity index is 881. The summed E-state index contributed by atoms with van der Waals surface area (Å²) < 4.78 is 34.6. The van der Waals surface area contributed by atoms with Gasteiger partial charge in [0.25, 0.3) is 0 Å². The average molecular weight is 529 g/mol. The summed E-state index contributed by atoms with van der Waals surface area (Å²) in [4.78, 5) is 13.2. The fourth-order valence-corrected chi connectivity index (χ4v) is 8.02. The number of allylic oxidation sites excluding steroid dienone is 1. The molecule has 0 bridgehead atoms. The summed E-state index contributed by atoms with van der Waals surface area (Å²) in [5.74, 6) is 1.81. The summed E-state index contributed by atoms with van der Waals surface area (Å²) in [6, 6.07) is 2.33. The van der Waals surface area contributed by atoms with Crippen molar-refractivity contribution in [1.29, 1.82) is 0 Å². The molecule has 0 saturated heterocycles. The van der Waals surface area contributed by atoms with Crippen LogP contribution in [0.5, 0.6) is 5.75 Å². The number of esters is 1. The van der Waals surface area contributed by atoms with E-state index in [1.54, 1.807) is 6.08 Å². The molecule has 212 valence electrons. The standard InChI is InChI=1S/C34H50F2O2/c1-3-5-7-8-9-11-24-15-17-25(18-16-24)26-19-20-29-27(21-26)12-10-14-30(29)34(37)38-28-22-32(35)31(13-6-4-2)33(36)23-28/h4,22-27,29-30H,2-3,5-21H2,1H3. The number of hydrogen-bond donors (Lipinski definition) is 0. The normalized spacial score (nSPS) is 29.4. The number of rotatable bonds is 12. The second-order valence-electron chi connectivity index (χ2n) is 12.6. The minimum absolute atomic E-state index is 0.00899. The van der Waals surface area contributed by atoms with Crippen molar-refractivity contribution in [2.24, 2.45) is 35.5 Å². The van der Waals surface area contributed by atoms with E-state index in [1.165, 1.54) is 83.5 Å². The topological polar surface area (TPSA) is 26.3 Å². The van der Waals surface area contributed by atoms with Gasteiger partial charge in [-0.3, -0.25) is 4.79 Å². The number of fused-ring (bicyclic) bond motifs is 1. The van der Waals surface area contributed by atoms with Gasteiger partial charge >= 0.3 is 5.97 Å². The molecule has 3 saturated carbocycles. The quantitative estimate of drug-likeness (QED) is 0.117. The summed E-state index contributed by atoms with van der Waals surface area (Å²) in [6.45, 7) is 5.90. The first-order valence-electron chi connectivity index (χ1n) is 15.8. The summed E-state index contributed by atoms with van der Waals surface area (Å²) in [6.07, 6.45) is 23.0. The first kappa shape index (κ1) is 29.3. The van der Waals surface area contributed by atoms with Crippen molar-refractivity contribution in [1.82, 2.24) is 0 Å². The van der Waals surface area contributed by atoms with Crippen molar-refractivity contribution >= 4 is 5.97 Å². The Kier molecular flexibility index (Phi) is 11.3. The number of ether oxygens (including phenoxy) is 1. The second-order valence-corrected chi connectivity index (χ2v) is 12.6. The summed E-state index contributed by atoms with van der Waals surface area (Å²) in [7, 11) is 0. The van der Waals surface area contributed by atoms with Crippen LogP contribution in [0.2, 0.25) is 0 Å². The number of carbonyl (C=O) groups is 1. The zero-order chi connectivity index (χ0) is 26.9. The molecule has 0 heterocycles. The number of carbonyl (C=O) groups excluding carboxylic acids is 1. The van der Waals surface area contributed by atoms with E-state index in [1.807, 2.05) is 0 Å². The van der Waals surface area contributed by atoms with Gasteiger partial charge in [0.15, 0.2) is 0 Å². The van der Waals surface area contributed by atoms with E-state index < -0.39 is 11.6 Å². The van der Waals surface area contributed by atoms with E-state index in [9.17, 15) is 13.6 Å². The van der Waals surface area contributed by atoms with Gasteiger partial charge in [-0.2, -0.15) is 0 Å². The monoisotopic (exact) mass is 528 g/mol. The molecule has 3 aliphatic rings. The highest BCUT2D eigenvalue weighted by atomic mass is 19.1. The molecule has 4 rings (SSSR count). The van der Waals surface area contributed by atoms with E-state index in [-0.39, 0.29) is 29.6 Å². The Morgan fingerprint density at radius 3 is 2.34 bits per heavy atom. The maximum atomic E-state index is 14.5. The first-order chi connectivity index (χ1) is 18.5. The summed E-state index contributed by atoms with van der Waals surface area (Å²) in [5.41, 5.74) is 0.0294. The zero-order valence-electron chi connectivity index (χ0n) is 23.7. The van der Waals surface area contributed by atoms with Gasteiger partial charge in [-0.25, -0.2) is 8.78 Å². The van der Waals surface area contributed by atoms with Crippen LogP contribution < -0.4 is 4.74 Å². The van der Waals surface area contributed by atoms with Gasteiger partial charge in [0.2, 0.25) is 0 Å². The van der Waals surface area contributed by atoms with Gasteiger partial charge in [0.05, 0.1) is 5.92 Å². The lowest BCUT2D eigenvalue weighted by Gasteiger charge is -2.46. The molecule has 1 aromatic rings. The molecule has 0 spiro atoms. The van der Waals surface area contributed by atoms with Crippen LogP contribution in [0.15, 0.2) is 24.8 Å². The fourth-order valence-electron chi connectivity index (χ4n) is 8.02. The Morgan fingerprint density at radius 1 is 0.921 bits per heavy atom. The molecular weight excluding hydrogens is 478 g/mol. The molecule has 4 heteroatoms. The number of hydrogen-bond acceptors (Lipinski definition) is 2. The molecule has 4 atom stereocenters. The highest BCUT2D eigenvalue weighted by molar-refractivity contribution is 5.75. The van der Waals surface area contributed by atoms with Crippen LogP contribution >= 0.6 is 0 Å². The van der Waals surface area contributed by atoms with E-state index in [4.69, 9.17) is 4.74 Å². The largest absolute Gasteiger partial charge is 0.426 e. The number of benzene rings is 1. The van der Waals surface area contributed by atoms with Gasteiger partial charge < -0.3 is 4.74 Å². The van der Waals surface area contributed by atoms with E-state index in [0.29, 0.717) is 18.3 Å². The lowest BCUT2D eigenvalue weighted by molar-refractivity contribution is -0.144. The molecule has 0 aliphatic heterocycles. The van der Waals surface area contributed by atoms with Gasteiger partial charge in [0.1, 0.15) is 17.4 Å². The van der Waals surface area contributed by atoms with Crippen LogP contribution in [-0.4, -0.2) is 5.97 Å². The molecule has 3 fully saturated rings. The lowest BCUT2D eigenvalue weighted by atomic mass is 9.59. The molecule has 2 nitrogen and oxygen atoms in total. The highest BCUT2D eigenvalue weighted by Gasteiger charge is 2.43. The predicted molar refractivity (Wildman–Crippen MR) is 151 cm³/mol. The first-order valence-corrected chi connectivity index (χ1v) is 15.8. The molecule has 0 amide bonds. The third kappa shape index (κ3) is 7.69. The predicted octanol–water partition coefficient (Wildman–Crippen LogP) is 9.99. The molecule has 3 aliphatic carbocycles. The van der Waals surface area contributed by atoms with Crippen molar-refractivity contribution in [2.45, 2.75) is 122 Å². The molecule has 0 N–H and O–H groups in total. The lowest BCUT2D eigenvalue weighted by Crippen LogP contribution is -2.40. The minimum atomic E-state index is -0.650. The van der Waals surface area contributed by atoms with Gasteiger partial charge in [-0.1, -0.05) is 77.2 Å². The summed E-state index contributed by atoms with van der Waals surface area (Å²) >= 11 is 0. The molecule has 0 aromatic heterocycles. The van der Waals surface area contributed by atoms with E-state index in [0.717, 1.165) is 49.1 Å². The van der Waals surface area contributed by atoms with E-state index >= 15 is 0 Å². The van der Waals surface area contributed by atoms with Crippen LogP contribution in [0.4, 0.5) is 8.78 Å². The second kappa shape index (κ2) is 14.6. The molecule has 0 radical (unpaired) electrons. The smallest absolute Gasteiger partial charge is 0.314 e. The van der Waals surface area contributed by atoms with Crippen molar-refractivity contribution in [3.8, 4) is 5.75 Å². The summed E-state index contributed by atoms with van der Waals surface area (Å²) in [5, 5.41) is 0. The van der Waals surface area contributed by atoms with Crippen LogP contribution in [-0.2, 0) is 11.2 Å². The van der Waals surface area contributed by atoms with Crippen LogP contribution in [0.3, 0.4) is 0 Å². The number of halogens is 2. The van der Waals surface area contributed by atoms with Crippen molar-refractivity contribution in [3.05, 3.63) is 42.0 Å². The Labute approximate surface area is 230 Å². The molecule has 1 aromatic carbocycles. The maximum absolute atomic E-state index is 14.5. The van der Waals surface area contributed by atoms with E-state index in [2.05, 4.69) is 13.5 Å². The number of unbranched alkanes of at least 4 members (excludes halogenated alkanes) is 4.